The van der Waals surface area contributed by atoms with Gasteiger partial charge in [-0.05, 0) is 12.3 Å². The molecule has 0 spiro atoms. The molecule has 0 amide bonds. The van der Waals surface area contributed by atoms with E-state index in [-0.39, 0.29) is 24.8 Å². The molecule has 7 heteroatoms. The van der Waals surface area contributed by atoms with Crippen LogP contribution in [0.4, 0.5) is 0 Å². The summed E-state index contributed by atoms with van der Waals surface area (Å²) in [6.45, 7) is 4.21. The standard InChI is InChI=1S/C14H19Cl2N3.2ClH/c15-11-8-18-9-12(16)14(11)13(7-10-1-2-10)19-5-3-17-4-6-19;;/h8-10,13,17H,1-7H2;2*1H/t13-;;/m1../s1. The first kappa shape index (κ1) is 19.3. The summed E-state index contributed by atoms with van der Waals surface area (Å²) in [5, 5.41) is 4.81. The minimum absolute atomic E-state index is 0. The van der Waals surface area contributed by atoms with Gasteiger partial charge in [-0.25, -0.2) is 0 Å². The lowest BCUT2D eigenvalue weighted by molar-refractivity contribution is 0.160. The number of nitrogens with zero attached hydrogens (tertiary/aromatic N) is 2. The van der Waals surface area contributed by atoms with Crippen molar-refractivity contribution < 1.29 is 0 Å². The van der Waals surface area contributed by atoms with Crippen LogP contribution in [0.2, 0.25) is 10.0 Å². The Labute approximate surface area is 148 Å². The Kier molecular flexibility index (Phi) is 8.04. The summed E-state index contributed by atoms with van der Waals surface area (Å²) in [6.07, 6.45) is 7.30. The molecule has 2 heterocycles. The van der Waals surface area contributed by atoms with Crippen LogP contribution in [0.1, 0.15) is 30.9 Å². The summed E-state index contributed by atoms with van der Waals surface area (Å²) in [6, 6.07) is 0.345. The number of aromatic nitrogens is 1. The van der Waals surface area contributed by atoms with Gasteiger partial charge in [-0.1, -0.05) is 36.0 Å². The van der Waals surface area contributed by atoms with Crippen LogP contribution < -0.4 is 5.32 Å². The van der Waals surface area contributed by atoms with Crippen LogP contribution in [0.5, 0.6) is 0 Å². The Morgan fingerprint density at radius 2 is 1.71 bits per heavy atom. The lowest BCUT2D eigenvalue weighted by Crippen LogP contribution is -2.45. The van der Waals surface area contributed by atoms with Crippen molar-refractivity contribution in [1.29, 1.82) is 0 Å². The molecule has 3 rings (SSSR count). The molecular formula is C14H21Cl4N3. The normalized spacial score (nSPS) is 20.3. The molecule has 1 aliphatic carbocycles. The van der Waals surface area contributed by atoms with Crippen molar-refractivity contribution in [2.75, 3.05) is 26.2 Å². The second-order valence-corrected chi connectivity index (χ2v) is 6.31. The lowest BCUT2D eigenvalue weighted by Gasteiger charge is -2.36. The minimum Gasteiger partial charge on any atom is -0.314 e. The van der Waals surface area contributed by atoms with Crippen molar-refractivity contribution in [2.24, 2.45) is 5.92 Å². The maximum absolute atomic E-state index is 6.36. The van der Waals surface area contributed by atoms with Crippen LogP contribution in [0.25, 0.3) is 0 Å². The van der Waals surface area contributed by atoms with Crippen LogP contribution in [-0.4, -0.2) is 36.1 Å². The van der Waals surface area contributed by atoms with Crippen molar-refractivity contribution in [3.8, 4) is 0 Å². The molecule has 120 valence electrons. The average Bonchev–Trinajstić information content (AvgIpc) is 3.22. The van der Waals surface area contributed by atoms with Gasteiger partial charge in [0, 0.05) is 50.2 Å². The van der Waals surface area contributed by atoms with Gasteiger partial charge in [-0.3, -0.25) is 9.88 Å². The zero-order valence-corrected chi connectivity index (χ0v) is 14.9. The number of hydrogen-bond acceptors (Lipinski definition) is 3. The lowest BCUT2D eigenvalue weighted by atomic mass is 9.99. The van der Waals surface area contributed by atoms with Crippen LogP contribution in [0, 0.1) is 5.92 Å². The summed E-state index contributed by atoms with van der Waals surface area (Å²) in [5.74, 6) is 0.847. The van der Waals surface area contributed by atoms with Crippen LogP contribution in [0.3, 0.4) is 0 Å². The van der Waals surface area contributed by atoms with E-state index < -0.39 is 0 Å². The van der Waals surface area contributed by atoms with Crippen molar-refractivity contribution in [2.45, 2.75) is 25.3 Å². The fourth-order valence-corrected chi connectivity index (χ4v) is 3.47. The third-order valence-corrected chi connectivity index (χ3v) is 4.67. The summed E-state index contributed by atoms with van der Waals surface area (Å²) < 4.78 is 0. The van der Waals surface area contributed by atoms with E-state index in [1.807, 2.05) is 0 Å². The van der Waals surface area contributed by atoms with E-state index in [4.69, 9.17) is 23.2 Å². The van der Waals surface area contributed by atoms with Gasteiger partial charge < -0.3 is 5.32 Å². The molecule has 0 bridgehead atoms. The maximum Gasteiger partial charge on any atom is 0.0652 e. The van der Waals surface area contributed by atoms with Gasteiger partial charge >= 0.3 is 0 Å². The zero-order valence-electron chi connectivity index (χ0n) is 11.7. The summed E-state index contributed by atoms with van der Waals surface area (Å²) >= 11 is 12.7. The quantitative estimate of drug-likeness (QED) is 0.866. The molecule has 2 aliphatic rings. The Morgan fingerprint density at radius 1 is 1.14 bits per heavy atom. The first-order valence-electron chi connectivity index (χ1n) is 6.99. The zero-order chi connectivity index (χ0) is 13.2. The second-order valence-electron chi connectivity index (χ2n) is 5.50. The summed E-state index contributed by atoms with van der Waals surface area (Å²) in [4.78, 5) is 6.59. The Bertz CT molecular complexity index is 428. The number of hydrogen-bond donors (Lipinski definition) is 1. The fraction of sp³-hybridized carbons (Fsp3) is 0.643. The molecule has 1 N–H and O–H groups in total. The highest BCUT2D eigenvalue weighted by atomic mass is 35.5. The number of piperazine rings is 1. The smallest absolute Gasteiger partial charge is 0.0652 e. The van der Waals surface area contributed by atoms with E-state index in [1.54, 1.807) is 12.4 Å². The van der Waals surface area contributed by atoms with E-state index in [9.17, 15) is 0 Å². The van der Waals surface area contributed by atoms with Crippen molar-refractivity contribution in [3.05, 3.63) is 28.0 Å². The highest BCUT2D eigenvalue weighted by molar-refractivity contribution is 6.35. The van der Waals surface area contributed by atoms with Gasteiger partial charge in [0.1, 0.15) is 0 Å². The predicted molar refractivity (Wildman–Crippen MR) is 93.3 cm³/mol. The van der Waals surface area contributed by atoms with Crippen molar-refractivity contribution in [1.82, 2.24) is 15.2 Å². The van der Waals surface area contributed by atoms with E-state index in [1.165, 1.54) is 19.3 Å². The van der Waals surface area contributed by atoms with Crippen LogP contribution >= 0.6 is 48.0 Å². The molecular weight excluding hydrogens is 352 g/mol. The van der Waals surface area contributed by atoms with E-state index in [0.717, 1.165) is 37.7 Å². The first-order valence-corrected chi connectivity index (χ1v) is 7.75. The average molecular weight is 373 g/mol. The summed E-state index contributed by atoms with van der Waals surface area (Å²) in [7, 11) is 0. The van der Waals surface area contributed by atoms with Gasteiger partial charge in [-0.15, -0.1) is 24.8 Å². The SMILES string of the molecule is Cl.Cl.Clc1cncc(Cl)c1[C@@H](CC1CC1)N1CCNCC1. The molecule has 2 fully saturated rings. The largest absolute Gasteiger partial charge is 0.314 e. The molecule has 1 saturated heterocycles. The van der Waals surface area contributed by atoms with Crippen LogP contribution in [0.15, 0.2) is 12.4 Å². The number of pyridine rings is 1. The molecule has 1 aromatic rings. The topological polar surface area (TPSA) is 28.2 Å². The Morgan fingerprint density at radius 3 is 2.24 bits per heavy atom. The second kappa shape index (κ2) is 8.76. The molecule has 0 aromatic carbocycles. The maximum atomic E-state index is 6.36. The van der Waals surface area contributed by atoms with E-state index >= 15 is 0 Å². The third kappa shape index (κ3) is 4.85. The molecule has 1 aromatic heterocycles. The van der Waals surface area contributed by atoms with Gasteiger partial charge in [0.15, 0.2) is 0 Å². The Hall–Kier alpha value is 0.230. The monoisotopic (exact) mass is 371 g/mol. The highest BCUT2D eigenvalue weighted by Crippen LogP contribution is 2.43. The highest BCUT2D eigenvalue weighted by Gasteiger charge is 2.32. The van der Waals surface area contributed by atoms with E-state index in [2.05, 4.69) is 15.2 Å². The van der Waals surface area contributed by atoms with Gasteiger partial charge in [0.05, 0.1) is 10.0 Å². The van der Waals surface area contributed by atoms with Gasteiger partial charge in [0.25, 0.3) is 0 Å². The fourth-order valence-electron chi connectivity index (χ4n) is 2.85. The van der Waals surface area contributed by atoms with Gasteiger partial charge in [0.2, 0.25) is 0 Å². The third-order valence-electron chi connectivity index (χ3n) is 4.07. The Balaban J connectivity index is 0.00000110. The first-order chi connectivity index (χ1) is 9.25. The van der Waals surface area contributed by atoms with Crippen molar-refractivity contribution >= 4 is 48.0 Å². The molecule has 0 unspecified atom stereocenters. The van der Waals surface area contributed by atoms with Gasteiger partial charge in [-0.2, -0.15) is 0 Å². The number of rotatable bonds is 4. The molecule has 0 radical (unpaired) electrons. The number of halogens is 4. The minimum atomic E-state index is 0. The van der Waals surface area contributed by atoms with Crippen molar-refractivity contribution in [3.63, 3.8) is 0 Å². The summed E-state index contributed by atoms with van der Waals surface area (Å²) in [5.41, 5.74) is 1.08. The molecule has 3 nitrogen and oxygen atoms in total. The van der Waals surface area contributed by atoms with Crippen LogP contribution in [-0.2, 0) is 0 Å². The molecule has 1 atom stereocenters. The predicted octanol–water partition coefficient (Wildman–Crippen LogP) is 3.98. The number of nitrogens with one attached hydrogen (secondary N) is 1. The molecule has 1 saturated carbocycles. The van der Waals surface area contributed by atoms with E-state index in [0.29, 0.717) is 16.1 Å². The molecule has 1 aliphatic heterocycles. The molecule has 21 heavy (non-hydrogen) atoms.